The SMILES string of the molecule is CC(C)(C)NCc1c(Cl)cccc1N1CCCCC1. The van der Waals surface area contributed by atoms with Crippen molar-refractivity contribution in [2.75, 3.05) is 18.0 Å². The minimum absolute atomic E-state index is 0.109. The molecule has 3 heteroatoms. The van der Waals surface area contributed by atoms with Gasteiger partial charge in [-0.15, -0.1) is 0 Å². The van der Waals surface area contributed by atoms with Crippen molar-refractivity contribution in [3.8, 4) is 0 Å². The molecule has 0 atom stereocenters. The Morgan fingerprint density at radius 2 is 1.84 bits per heavy atom. The maximum Gasteiger partial charge on any atom is 0.0471 e. The van der Waals surface area contributed by atoms with E-state index >= 15 is 0 Å². The van der Waals surface area contributed by atoms with Gasteiger partial charge in [-0.3, -0.25) is 0 Å². The van der Waals surface area contributed by atoms with Gasteiger partial charge in [-0.1, -0.05) is 17.7 Å². The zero-order chi connectivity index (χ0) is 13.9. The van der Waals surface area contributed by atoms with Crippen LogP contribution in [0.4, 0.5) is 5.69 Å². The van der Waals surface area contributed by atoms with Gasteiger partial charge in [0.25, 0.3) is 0 Å². The van der Waals surface area contributed by atoms with Crippen LogP contribution in [0.15, 0.2) is 18.2 Å². The highest BCUT2D eigenvalue weighted by atomic mass is 35.5. The molecule has 0 saturated carbocycles. The van der Waals surface area contributed by atoms with Crippen LogP contribution in [0.1, 0.15) is 45.6 Å². The molecule has 1 aromatic rings. The number of nitrogens with zero attached hydrogens (tertiary/aromatic N) is 1. The van der Waals surface area contributed by atoms with E-state index < -0.39 is 0 Å². The van der Waals surface area contributed by atoms with Crippen LogP contribution in [-0.2, 0) is 6.54 Å². The summed E-state index contributed by atoms with van der Waals surface area (Å²) in [6.07, 6.45) is 3.93. The summed E-state index contributed by atoms with van der Waals surface area (Å²) in [5.41, 5.74) is 2.66. The van der Waals surface area contributed by atoms with Crippen LogP contribution in [0.2, 0.25) is 5.02 Å². The lowest BCUT2D eigenvalue weighted by atomic mass is 10.0. The molecule has 0 unspecified atom stereocenters. The van der Waals surface area contributed by atoms with Gasteiger partial charge < -0.3 is 10.2 Å². The Labute approximate surface area is 122 Å². The summed E-state index contributed by atoms with van der Waals surface area (Å²) in [4.78, 5) is 2.48. The van der Waals surface area contributed by atoms with E-state index in [1.54, 1.807) is 0 Å². The average molecular weight is 281 g/mol. The molecule has 0 spiro atoms. The van der Waals surface area contributed by atoms with E-state index in [4.69, 9.17) is 11.6 Å². The Bertz CT molecular complexity index is 417. The van der Waals surface area contributed by atoms with Crippen molar-refractivity contribution in [1.29, 1.82) is 0 Å². The van der Waals surface area contributed by atoms with Gasteiger partial charge in [0.15, 0.2) is 0 Å². The smallest absolute Gasteiger partial charge is 0.0471 e. The van der Waals surface area contributed by atoms with Crippen molar-refractivity contribution in [3.05, 3.63) is 28.8 Å². The highest BCUT2D eigenvalue weighted by Crippen LogP contribution is 2.30. The second-order valence-corrected chi connectivity index (χ2v) is 6.80. The minimum atomic E-state index is 0.109. The maximum atomic E-state index is 6.41. The number of rotatable bonds is 3. The fraction of sp³-hybridized carbons (Fsp3) is 0.625. The van der Waals surface area contributed by atoms with E-state index in [9.17, 15) is 0 Å². The lowest BCUT2D eigenvalue weighted by molar-refractivity contribution is 0.424. The van der Waals surface area contributed by atoms with Crippen LogP contribution < -0.4 is 10.2 Å². The molecule has 2 nitrogen and oxygen atoms in total. The predicted molar refractivity (Wildman–Crippen MR) is 84.1 cm³/mol. The molecule has 19 heavy (non-hydrogen) atoms. The summed E-state index contributed by atoms with van der Waals surface area (Å²) in [6, 6.07) is 6.26. The molecule has 1 saturated heterocycles. The first-order valence-electron chi connectivity index (χ1n) is 7.25. The van der Waals surface area contributed by atoms with Gasteiger partial charge >= 0.3 is 0 Å². The summed E-state index contributed by atoms with van der Waals surface area (Å²) in [5.74, 6) is 0. The third-order valence-corrected chi connectivity index (χ3v) is 3.94. The number of hydrogen-bond acceptors (Lipinski definition) is 2. The van der Waals surface area contributed by atoms with Crippen LogP contribution >= 0.6 is 11.6 Å². The number of hydrogen-bond donors (Lipinski definition) is 1. The zero-order valence-corrected chi connectivity index (χ0v) is 13.1. The average Bonchev–Trinajstić information content (AvgIpc) is 2.37. The number of benzene rings is 1. The third kappa shape index (κ3) is 4.12. The molecule has 0 bridgehead atoms. The Balaban J connectivity index is 2.20. The van der Waals surface area contributed by atoms with E-state index in [-0.39, 0.29) is 5.54 Å². The topological polar surface area (TPSA) is 15.3 Å². The molecule has 1 fully saturated rings. The van der Waals surface area contributed by atoms with Gasteiger partial charge in [0.05, 0.1) is 0 Å². The Hall–Kier alpha value is -0.730. The molecule has 0 aliphatic carbocycles. The van der Waals surface area contributed by atoms with Crippen LogP contribution in [0, 0.1) is 0 Å². The molecule has 0 amide bonds. The lowest BCUT2D eigenvalue weighted by Gasteiger charge is -2.32. The van der Waals surface area contributed by atoms with E-state index in [0.717, 1.165) is 24.7 Å². The van der Waals surface area contributed by atoms with Crippen molar-refractivity contribution in [1.82, 2.24) is 5.32 Å². The van der Waals surface area contributed by atoms with E-state index in [1.807, 2.05) is 6.07 Å². The summed E-state index contributed by atoms with van der Waals surface area (Å²) in [7, 11) is 0. The zero-order valence-electron chi connectivity index (χ0n) is 12.3. The molecule has 0 aromatic heterocycles. The normalized spacial score (nSPS) is 16.7. The van der Waals surface area contributed by atoms with Crippen molar-refractivity contribution in [2.45, 2.75) is 52.1 Å². The molecular formula is C16H25ClN2. The van der Waals surface area contributed by atoms with E-state index in [1.165, 1.54) is 30.5 Å². The number of nitrogens with one attached hydrogen (secondary N) is 1. The number of halogens is 1. The van der Waals surface area contributed by atoms with Crippen molar-refractivity contribution < 1.29 is 0 Å². The van der Waals surface area contributed by atoms with E-state index in [2.05, 4.69) is 43.1 Å². The van der Waals surface area contributed by atoms with Gasteiger partial charge in [0.1, 0.15) is 0 Å². The fourth-order valence-corrected chi connectivity index (χ4v) is 2.74. The summed E-state index contributed by atoms with van der Waals surface area (Å²) in [5, 5.41) is 4.42. The Morgan fingerprint density at radius 1 is 1.16 bits per heavy atom. The van der Waals surface area contributed by atoms with E-state index in [0.29, 0.717) is 0 Å². The van der Waals surface area contributed by atoms with Crippen molar-refractivity contribution in [2.24, 2.45) is 0 Å². The first-order chi connectivity index (χ1) is 8.97. The largest absolute Gasteiger partial charge is 0.371 e. The Morgan fingerprint density at radius 3 is 2.47 bits per heavy atom. The van der Waals surface area contributed by atoms with Gasteiger partial charge in [-0.25, -0.2) is 0 Å². The van der Waals surface area contributed by atoms with Crippen molar-refractivity contribution in [3.63, 3.8) is 0 Å². The first kappa shape index (κ1) is 14.7. The molecule has 1 aliphatic heterocycles. The molecule has 2 rings (SSSR count). The van der Waals surface area contributed by atoms with Gasteiger partial charge in [-0.05, 0) is 52.2 Å². The molecule has 106 valence electrons. The molecular weight excluding hydrogens is 256 g/mol. The van der Waals surface area contributed by atoms with Crippen LogP contribution in [0.25, 0.3) is 0 Å². The van der Waals surface area contributed by atoms with Crippen LogP contribution in [0.3, 0.4) is 0 Å². The first-order valence-corrected chi connectivity index (χ1v) is 7.62. The van der Waals surface area contributed by atoms with Gasteiger partial charge in [-0.2, -0.15) is 0 Å². The monoisotopic (exact) mass is 280 g/mol. The van der Waals surface area contributed by atoms with Crippen LogP contribution in [-0.4, -0.2) is 18.6 Å². The molecule has 1 heterocycles. The van der Waals surface area contributed by atoms with Crippen molar-refractivity contribution >= 4 is 17.3 Å². The van der Waals surface area contributed by atoms with Gasteiger partial charge in [0.2, 0.25) is 0 Å². The van der Waals surface area contributed by atoms with Gasteiger partial charge in [0, 0.05) is 41.4 Å². The second-order valence-electron chi connectivity index (χ2n) is 6.39. The summed E-state index contributed by atoms with van der Waals surface area (Å²) >= 11 is 6.41. The minimum Gasteiger partial charge on any atom is -0.371 e. The summed E-state index contributed by atoms with van der Waals surface area (Å²) in [6.45, 7) is 9.69. The Kier molecular flexibility index (Phi) is 4.75. The molecule has 1 N–H and O–H groups in total. The highest BCUT2D eigenvalue weighted by molar-refractivity contribution is 6.31. The highest BCUT2D eigenvalue weighted by Gasteiger charge is 2.17. The fourth-order valence-electron chi connectivity index (χ4n) is 2.51. The predicted octanol–water partition coefficient (Wildman–Crippen LogP) is 4.22. The second kappa shape index (κ2) is 6.15. The summed E-state index contributed by atoms with van der Waals surface area (Å²) < 4.78 is 0. The molecule has 1 aliphatic rings. The number of anilines is 1. The third-order valence-electron chi connectivity index (χ3n) is 3.59. The van der Waals surface area contributed by atoms with Crippen LogP contribution in [0.5, 0.6) is 0 Å². The molecule has 0 radical (unpaired) electrons. The standard InChI is InChI=1S/C16H25ClN2/c1-16(2,3)18-12-13-14(17)8-7-9-15(13)19-10-5-4-6-11-19/h7-9,18H,4-6,10-12H2,1-3H3. The maximum absolute atomic E-state index is 6.41. The molecule has 1 aromatic carbocycles. The quantitative estimate of drug-likeness (QED) is 0.892. The number of piperidine rings is 1. The lowest BCUT2D eigenvalue weighted by Crippen LogP contribution is -2.36.